The number of carbonyl (C=O) groups is 1. The van der Waals surface area contributed by atoms with Crippen LogP contribution >= 0.6 is 0 Å². The zero-order valence-corrected chi connectivity index (χ0v) is 7.49. The van der Waals surface area contributed by atoms with E-state index >= 15 is 0 Å². The van der Waals surface area contributed by atoms with Gasteiger partial charge < -0.3 is 10.6 Å². The van der Waals surface area contributed by atoms with E-state index in [9.17, 15) is 4.79 Å². The van der Waals surface area contributed by atoms with Crippen molar-refractivity contribution in [2.24, 2.45) is 5.73 Å². The van der Waals surface area contributed by atoms with Crippen molar-refractivity contribution in [3.05, 3.63) is 0 Å². The predicted molar refractivity (Wildman–Crippen MR) is 46.5 cm³/mol. The minimum absolute atomic E-state index is 0.231. The fraction of sp³-hybridized carbons (Fsp3) is 0.889. The lowest BCUT2D eigenvalue weighted by Crippen LogP contribution is -2.49. The van der Waals surface area contributed by atoms with E-state index in [-0.39, 0.29) is 5.91 Å². The number of rotatable bonds is 0. The molecule has 0 aromatic rings. The molecule has 0 unspecified atom stereocenters. The number of hydrogen-bond acceptors (Lipinski definition) is 2. The van der Waals surface area contributed by atoms with E-state index < -0.39 is 0 Å². The van der Waals surface area contributed by atoms with E-state index in [1.54, 1.807) is 6.92 Å². The number of carbonyl (C=O) groups excluding carboxylic acids is 1. The number of amides is 1. The molecule has 2 aliphatic rings. The zero-order chi connectivity index (χ0) is 8.72. The van der Waals surface area contributed by atoms with Crippen LogP contribution in [0.25, 0.3) is 0 Å². The van der Waals surface area contributed by atoms with Crippen LogP contribution in [0.15, 0.2) is 0 Å². The Morgan fingerprint density at radius 1 is 1.33 bits per heavy atom. The van der Waals surface area contributed by atoms with Gasteiger partial charge >= 0.3 is 0 Å². The Bertz CT molecular complexity index is 191. The second kappa shape index (κ2) is 2.73. The lowest BCUT2D eigenvalue weighted by Gasteiger charge is -2.37. The number of fused-ring (bicyclic) bond motifs is 2. The first-order chi connectivity index (χ1) is 5.68. The number of nitrogens with zero attached hydrogens (tertiary/aromatic N) is 1. The van der Waals surface area contributed by atoms with Crippen LogP contribution in [0.1, 0.15) is 32.6 Å². The second-order valence-electron chi connectivity index (χ2n) is 4.04. The first-order valence-electron chi connectivity index (χ1n) is 4.73. The van der Waals surface area contributed by atoms with Gasteiger partial charge in [0.15, 0.2) is 0 Å². The monoisotopic (exact) mass is 168 g/mol. The van der Waals surface area contributed by atoms with Crippen LogP contribution < -0.4 is 5.73 Å². The fourth-order valence-corrected chi connectivity index (χ4v) is 2.73. The van der Waals surface area contributed by atoms with Gasteiger partial charge in [-0.25, -0.2) is 0 Å². The third-order valence-corrected chi connectivity index (χ3v) is 3.13. The minimum Gasteiger partial charge on any atom is -0.337 e. The highest BCUT2D eigenvalue weighted by atomic mass is 16.2. The average molecular weight is 168 g/mol. The Balaban J connectivity index is 2.14. The molecule has 2 heterocycles. The maximum Gasteiger partial charge on any atom is 0.219 e. The van der Waals surface area contributed by atoms with Crippen LogP contribution in [0.2, 0.25) is 0 Å². The van der Waals surface area contributed by atoms with Gasteiger partial charge in [0, 0.05) is 25.0 Å². The molecular weight excluding hydrogens is 152 g/mol. The summed E-state index contributed by atoms with van der Waals surface area (Å²) in [6.45, 7) is 1.67. The summed E-state index contributed by atoms with van der Waals surface area (Å²) in [6.07, 6.45) is 4.35. The number of hydrogen-bond donors (Lipinski definition) is 1. The Hall–Kier alpha value is -0.570. The fourth-order valence-electron chi connectivity index (χ4n) is 2.73. The third-order valence-electron chi connectivity index (χ3n) is 3.13. The molecule has 0 aromatic carbocycles. The van der Waals surface area contributed by atoms with Gasteiger partial charge in [-0.15, -0.1) is 0 Å². The maximum atomic E-state index is 11.3. The van der Waals surface area contributed by atoms with E-state index in [0.29, 0.717) is 18.1 Å². The van der Waals surface area contributed by atoms with Gasteiger partial charge in [0.2, 0.25) is 5.91 Å². The molecule has 2 saturated heterocycles. The maximum absolute atomic E-state index is 11.3. The summed E-state index contributed by atoms with van der Waals surface area (Å²) in [6, 6.07) is 1.24. The lowest BCUT2D eigenvalue weighted by atomic mass is 9.98. The van der Waals surface area contributed by atoms with E-state index in [4.69, 9.17) is 5.73 Å². The molecule has 0 radical (unpaired) electrons. The van der Waals surface area contributed by atoms with Gasteiger partial charge in [0.1, 0.15) is 0 Å². The largest absolute Gasteiger partial charge is 0.337 e. The summed E-state index contributed by atoms with van der Waals surface area (Å²) in [4.78, 5) is 13.3. The van der Waals surface area contributed by atoms with Gasteiger partial charge in [-0.05, 0) is 25.7 Å². The zero-order valence-electron chi connectivity index (χ0n) is 7.49. The Morgan fingerprint density at radius 3 is 2.25 bits per heavy atom. The summed E-state index contributed by atoms with van der Waals surface area (Å²) >= 11 is 0. The van der Waals surface area contributed by atoms with Crippen LogP contribution in [0, 0.1) is 0 Å². The van der Waals surface area contributed by atoms with Gasteiger partial charge in [0.25, 0.3) is 0 Å². The molecule has 0 aliphatic carbocycles. The van der Waals surface area contributed by atoms with E-state index in [1.165, 1.54) is 0 Å². The second-order valence-corrected chi connectivity index (χ2v) is 4.04. The normalized spacial score (nSPS) is 40.2. The molecule has 3 heteroatoms. The highest BCUT2D eigenvalue weighted by Gasteiger charge is 2.40. The molecule has 2 bridgehead atoms. The molecule has 0 aromatic heterocycles. The van der Waals surface area contributed by atoms with Crippen molar-refractivity contribution in [2.45, 2.75) is 50.7 Å². The van der Waals surface area contributed by atoms with Crippen molar-refractivity contribution >= 4 is 5.91 Å². The van der Waals surface area contributed by atoms with Gasteiger partial charge in [-0.2, -0.15) is 0 Å². The van der Waals surface area contributed by atoms with Gasteiger partial charge in [0.05, 0.1) is 0 Å². The Kier molecular flexibility index (Phi) is 1.83. The topological polar surface area (TPSA) is 46.3 Å². The van der Waals surface area contributed by atoms with E-state index in [0.717, 1.165) is 25.7 Å². The predicted octanol–water partition coefficient (Wildman–Crippen LogP) is 0.487. The highest BCUT2D eigenvalue weighted by molar-refractivity contribution is 5.74. The van der Waals surface area contributed by atoms with Crippen LogP contribution in [-0.2, 0) is 4.79 Å². The summed E-state index contributed by atoms with van der Waals surface area (Å²) in [5.41, 5.74) is 5.88. The first-order valence-corrected chi connectivity index (χ1v) is 4.73. The summed E-state index contributed by atoms with van der Waals surface area (Å²) < 4.78 is 0. The lowest BCUT2D eigenvalue weighted by molar-refractivity contribution is -0.133. The molecule has 1 amide bonds. The first kappa shape index (κ1) is 8.05. The van der Waals surface area contributed by atoms with Crippen molar-refractivity contribution in [1.29, 1.82) is 0 Å². The summed E-state index contributed by atoms with van der Waals surface area (Å²) in [5, 5.41) is 0. The van der Waals surface area contributed by atoms with Crippen LogP contribution in [0.5, 0.6) is 0 Å². The van der Waals surface area contributed by atoms with Crippen LogP contribution in [0.4, 0.5) is 0 Å². The Morgan fingerprint density at radius 2 is 1.83 bits per heavy atom. The van der Waals surface area contributed by atoms with Crippen molar-refractivity contribution in [3.63, 3.8) is 0 Å². The van der Waals surface area contributed by atoms with Gasteiger partial charge in [-0.3, -0.25) is 4.79 Å². The molecule has 3 atom stereocenters. The molecule has 2 fully saturated rings. The van der Waals surface area contributed by atoms with Crippen LogP contribution in [0.3, 0.4) is 0 Å². The molecule has 2 rings (SSSR count). The molecule has 0 saturated carbocycles. The molecular formula is C9H16N2O. The summed E-state index contributed by atoms with van der Waals surface area (Å²) in [5.74, 6) is 0.231. The van der Waals surface area contributed by atoms with E-state index in [2.05, 4.69) is 0 Å². The van der Waals surface area contributed by atoms with Crippen molar-refractivity contribution in [1.82, 2.24) is 4.90 Å². The van der Waals surface area contributed by atoms with Crippen LogP contribution in [-0.4, -0.2) is 28.9 Å². The smallest absolute Gasteiger partial charge is 0.219 e. The Labute approximate surface area is 72.9 Å². The van der Waals surface area contributed by atoms with Gasteiger partial charge in [-0.1, -0.05) is 0 Å². The summed E-state index contributed by atoms with van der Waals surface area (Å²) in [7, 11) is 0. The minimum atomic E-state index is 0.231. The molecule has 2 aliphatic heterocycles. The van der Waals surface area contributed by atoms with E-state index in [1.807, 2.05) is 4.90 Å². The van der Waals surface area contributed by atoms with Crippen molar-refractivity contribution < 1.29 is 4.79 Å². The van der Waals surface area contributed by atoms with Crippen molar-refractivity contribution in [2.75, 3.05) is 0 Å². The average Bonchev–Trinajstić information content (AvgIpc) is 2.24. The van der Waals surface area contributed by atoms with Crippen molar-refractivity contribution in [3.8, 4) is 0 Å². The standard InChI is InChI=1S/C9H16N2O/c1-6(12)11-8-2-3-9(11)5-7(10)4-8/h7-9H,2-5,10H2,1H3/t7-,8+,9-. The molecule has 3 nitrogen and oxygen atoms in total. The molecule has 0 spiro atoms. The highest BCUT2D eigenvalue weighted by Crippen LogP contribution is 2.34. The SMILES string of the molecule is CC(=O)N1[C@@H]2CC[C@H]1C[C@@H](N)C2. The quantitative estimate of drug-likeness (QED) is 0.572. The molecule has 2 N–H and O–H groups in total. The molecule has 12 heavy (non-hydrogen) atoms. The number of piperidine rings is 1. The third kappa shape index (κ3) is 1.12. The number of nitrogens with two attached hydrogens (primary N) is 1. The molecule has 68 valence electrons.